The van der Waals surface area contributed by atoms with E-state index in [0.29, 0.717) is 24.0 Å². The molecule has 3 aliphatic rings. The van der Waals surface area contributed by atoms with E-state index in [1.807, 2.05) is 0 Å². The highest BCUT2D eigenvalue weighted by Crippen LogP contribution is 2.29. The Hall–Kier alpha value is -1.23. The number of amides is 1. The molecule has 0 spiro atoms. The highest BCUT2D eigenvalue weighted by atomic mass is 16.2. The fraction of sp³-hybridized carbons (Fsp3) is 0.824. The van der Waals surface area contributed by atoms with Crippen LogP contribution in [0.15, 0.2) is 11.9 Å². The largest absolute Gasteiger partial charge is 0.400 e. The molecular weight excluding hydrogens is 276 g/mol. The predicted molar refractivity (Wildman–Crippen MR) is 88.1 cm³/mol. The summed E-state index contributed by atoms with van der Waals surface area (Å²) in [4.78, 5) is 18.9. The number of nitrogens with two attached hydrogens (primary N) is 1. The number of hydrogen-bond donors (Lipinski definition) is 1. The first-order valence-corrected chi connectivity index (χ1v) is 8.82. The molecule has 0 radical (unpaired) electrons. The SMILES string of the molecule is CCCC1CC(N2CCN3C(=O)CCCC3C2)C(N)=CN1C. The van der Waals surface area contributed by atoms with Crippen molar-refractivity contribution in [2.75, 3.05) is 26.7 Å². The molecule has 0 saturated carbocycles. The van der Waals surface area contributed by atoms with Gasteiger partial charge in [0, 0.05) is 57.1 Å². The van der Waals surface area contributed by atoms with E-state index < -0.39 is 0 Å². The highest BCUT2D eigenvalue weighted by Gasteiger charge is 2.37. The molecule has 3 heterocycles. The Labute approximate surface area is 134 Å². The van der Waals surface area contributed by atoms with Gasteiger partial charge in [-0.2, -0.15) is 0 Å². The zero-order valence-corrected chi connectivity index (χ0v) is 14.0. The van der Waals surface area contributed by atoms with Crippen molar-refractivity contribution < 1.29 is 4.79 Å². The lowest BCUT2D eigenvalue weighted by Gasteiger charge is -2.48. The Morgan fingerprint density at radius 3 is 2.95 bits per heavy atom. The molecule has 2 saturated heterocycles. The summed E-state index contributed by atoms with van der Waals surface area (Å²) in [5.74, 6) is 0.353. The molecule has 1 amide bonds. The van der Waals surface area contributed by atoms with Crippen molar-refractivity contribution in [3.63, 3.8) is 0 Å². The summed E-state index contributed by atoms with van der Waals surface area (Å²) in [6.07, 6.45) is 8.62. The van der Waals surface area contributed by atoms with Crippen LogP contribution in [0.5, 0.6) is 0 Å². The van der Waals surface area contributed by atoms with Crippen molar-refractivity contribution in [3.8, 4) is 0 Å². The number of rotatable bonds is 3. The number of fused-ring (bicyclic) bond motifs is 1. The van der Waals surface area contributed by atoms with E-state index in [9.17, 15) is 4.79 Å². The lowest BCUT2D eigenvalue weighted by Crippen LogP contribution is -2.60. The van der Waals surface area contributed by atoms with Crippen molar-refractivity contribution in [2.24, 2.45) is 5.73 Å². The van der Waals surface area contributed by atoms with Gasteiger partial charge in [0.25, 0.3) is 0 Å². The van der Waals surface area contributed by atoms with Gasteiger partial charge in [-0.05, 0) is 25.7 Å². The van der Waals surface area contributed by atoms with E-state index in [1.165, 1.54) is 12.8 Å². The van der Waals surface area contributed by atoms with Gasteiger partial charge in [-0.25, -0.2) is 0 Å². The van der Waals surface area contributed by atoms with E-state index in [-0.39, 0.29) is 0 Å². The Balaban J connectivity index is 1.69. The van der Waals surface area contributed by atoms with Crippen LogP contribution in [-0.2, 0) is 4.79 Å². The minimum absolute atomic E-state index is 0.353. The minimum Gasteiger partial charge on any atom is -0.400 e. The van der Waals surface area contributed by atoms with E-state index in [1.54, 1.807) is 0 Å². The van der Waals surface area contributed by atoms with Crippen LogP contribution in [-0.4, -0.2) is 65.4 Å². The summed E-state index contributed by atoms with van der Waals surface area (Å²) in [6.45, 7) is 5.08. The molecule has 124 valence electrons. The molecule has 5 nitrogen and oxygen atoms in total. The van der Waals surface area contributed by atoms with E-state index >= 15 is 0 Å². The van der Waals surface area contributed by atoms with Crippen molar-refractivity contribution in [1.29, 1.82) is 0 Å². The molecule has 3 aliphatic heterocycles. The van der Waals surface area contributed by atoms with Gasteiger partial charge < -0.3 is 15.5 Å². The molecular formula is C17H30N4O. The summed E-state index contributed by atoms with van der Waals surface area (Å²) in [7, 11) is 2.14. The molecule has 3 rings (SSSR count). The molecule has 5 heteroatoms. The van der Waals surface area contributed by atoms with E-state index in [2.05, 4.69) is 34.9 Å². The first kappa shape index (κ1) is 15.7. The first-order chi connectivity index (χ1) is 10.6. The van der Waals surface area contributed by atoms with Crippen molar-refractivity contribution in [3.05, 3.63) is 11.9 Å². The molecule has 0 aromatic heterocycles. The maximum atomic E-state index is 12.0. The van der Waals surface area contributed by atoms with E-state index in [4.69, 9.17) is 5.73 Å². The number of carbonyl (C=O) groups is 1. The first-order valence-electron chi connectivity index (χ1n) is 8.82. The molecule has 3 unspecified atom stereocenters. The van der Waals surface area contributed by atoms with Gasteiger partial charge in [-0.15, -0.1) is 0 Å². The van der Waals surface area contributed by atoms with Crippen LogP contribution >= 0.6 is 0 Å². The molecule has 3 atom stereocenters. The lowest BCUT2D eigenvalue weighted by molar-refractivity contribution is -0.140. The quantitative estimate of drug-likeness (QED) is 0.855. The fourth-order valence-electron chi connectivity index (χ4n) is 4.37. The summed E-state index contributed by atoms with van der Waals surface area (Å²) in [6, 6.07) is 1.35. The van der Waals surface area contributed by atoms with Gasteiger partial charge in [0.15, 0.2) is 0 Å². The summed E-state index contributed by atoms with van der Waals surface area (Å²) in [5.41, 5.74) is 7.34. The Morgan fingerprint density at radius 2 is 2.18 bits per heavy atom. The van der Waals surface area contributed by atoms with Gasteiger partial charge in [0.2, 0.25) is 5.91 Å². The van der Waals surface area contributed by atoms with Crippen LogP contribution in [0.25, 0.3) is 0 Å². The van der Waals surface area contributed by atoms with Crippen LogP contribution in [0.1, 0.15) is 45.4 Å². The van der Waals surface area contributed by atoms with Crippen LogP contribution in [0, 0.1) is 0 Å². The normalized spacial score (nSPS) is 33.6. The van der Waals surface area contributed by atoms with E-state index in [0.717, 1.165) is 51.0 Å². The molecule has 2 N–H and O–H groups in total. The molecule has 0 aromatic carbocycles. The number of hydrogen-bond acceptors (Lipinski definition) is 4. The van der Waals surface area contributed by atoms with Crippen LogP contribution in [0.4, 0.5) is 0 Å². The standard InChI is InChI=1S/C17H30N4O/c1-3-5-13-10-16(15(18)12-19(13)2)20-8-9-21-14(11-20)6-4-7-17(21)22/h12-14,16H,3-11,18H2,1-2H3. The average Bonchev–Trinajstić information content (AvgIpc) is 2.50. The zero-order valence-electron chi connectivity index (χ0n) is 14.0. The Morgan fingerprint density at radius 1 is 1.36 bits per heavy atom. The maximum Gasteiger partial charge on any atom is 0.222 e. The summed E-state index contributed by atoms with van der Waals surface area (Å²) in [5, 5.41) is 0. The Bertz CT molecular complexity index is 450. The molecule has 0 aromatic rings. The van der Waals surface area contributed by atoms with Crippen molar-refractivity contribution >= 4 is 5.91 Å². The number of carbonyl (C=O) groups excluding carboxylic acids is 1. The van der Waals surface area contributed by atoms with Crippen LogP contribution in [0.2, 0.25) is 0 Å². The number of piperidine rings is 1. The number of nitrogens with zero attached hydrogens (tertiary/aromatic N) is 3. The topological polar surface area (TPSA) is 52.8 Å². The Kier molecular flexibility index (Phi) is 4.62. The van der Waals surface area contributed by atoms with Crippen molar-refractivity contribution in [2.45, 2.75) is 63.6 Å². The smallest absolute Gasteiger partial charge is 0.222 e. The second kappa shape index (κ2) is 6.49. The third-order valence-corrected chi connectivity index (χ3v) is 5.63. The molecule has 2 fully saturated rings. The van der Waals surface area contributed by atoms with Crippen molar-refractivity contribution in [1.82, 2.24) is 14.7 Å². The molecule has 0 aliphatic carbocycles. The zero-order chi connectivity index (χ0) is 15.7. The fourth-order valence-corrected chi connectivity index (χ4v) is 4.37. The third-order valence-electron chi connectivity index (χ3n) is 5.63. The third kappa shape index (κ3) is 2.96. The van der Waals surface area contributed by atoms with Gasteiger partial charge >= 0.3 is 0 Å². The van der Waals surface area contributed by atoms with Gasteiger partial charge in [0.05, 0.1) is 6.04 Å². The molecule has 0 bridgehead atoms. The second-order valence-electron chi connectivity index (χ2n) is 7.12. The molecule has 22 heavy (non-hydrogen) atoms. The number of piperazine rings is 1. The second-order valence-corrected chi connectivity index (χ2v) is 7.12. The van der Waals surface area contributed by atoms with Gasteiger partial charge in [-0.3, -0.25) is 9.69 Å². The lowest BCUT2D eigenvalue weighted by atomic mass is 9.92. The highest BCUT2D eigenvalue weighted by molar-refractivity contribution is 5.77. The van der Waals surface area contributed by atoms with Gasteiger partial charge in [0.1, 0.15) is 0 Å². The summed E-state index contributed by atoms with van der Waals surface area (Å²) < 4.78 is 0. The average molecular weight is 306 g/mol. The predicted octanol–water partition coefficient (Wildman–Crippen LogP) is 1.36. The van der Waals surface area contributed by atoms with Crippen LogP contribution in [0.3, 0.4) is 0 Å². The maximum absolute atomic E-state index is 12.0. The summed E-state index contributed by atoms with van der Waals surface area (Å²) >= 11 is 0. The van der Waals surface area contributed by atoms with Crippen LogP contribution < -0.4 is 5.73 Å². The minimum atomic E-state index is 0.353. The van der Waals surface area contributed by atoms with Gasteiger partial charge in [-0.1, -0.05) is 13.3 Å². The monoisotopic (exact) mass is 306 g/mol.